The van der Waals surface area contributed by atoms with Gasteiger partial charge in [0.1, 0.15) is 17.3 Å². The molecule has 3 aromatic rings. The average Bonchev–Trinajstić information content (AvgIpc) is 2.78. The molecule has 0 aliphatic heterocycles. The molecule has 0 radical (unpaired) electrons. The number of nitrogens with one attached hydrogen (secondary N) is 3. The molecule has 172 valence electrons. The van der Waals surface area contributed by atoms with Crippen LogP contribution in [0, 0.1) is 5.82 Å². The number of aromatic amines is 1. The smallest absolute Gasteiger partial charge is 0.257 e. The molecule has 3 aromatic heterocycles. The number of rotatable bonds is 9. The summed E-state index contributed by atoms with van der Waals surface area (Å²) in [7, 11) is 0. The van der Waals surface area contributed by atoms with Crippen LogP contribution in [0.2, 0.25) is 0 Å². The maximum Gasteiger partial charge on any atom is 0.257 e. The minimum atomic E-state index is -0.610. The Morgan fingerprint density at radius 2 is 1.97 bits per heavy atom. The second-order valence-electron chi connectivity index (χ2n) is 7.94. The summed E-state index contributed by atoms with van der Waals surface area (Å²) in [5.41, 5.74) is 1.44. The number of carbonyl (C=O) groups is 2. The molecule has 1 amide bonds. The number of amides is 1. The highest BCUT2D eigenvalue weighted by molar-refractivity contribution is 6.00. The SMILES string of the molecule is CC(=O)CCCNC(=O)c1cnccc1Nc1cc(-c2ncccc2F)c(=O)[nH]c1C(C)C. The summed E-state index contributed by atoms with van der Waals surface area (Å²) in [6, 6.07) is 5.87. The monoisotopic (exact) mass is 451 g/mol. The Balaban J connectivity index is 1.95. The van der Waals surface area contributed by atoms with Gasteiger partial charge in [-0.05, 0) is 43.5 Å². The highest BCUT2D eigenvalue weighted by Gasteiger charge is 2.18. The number of Topliss-reactive ketones (excluding diaryl/α,β-unsaturated/α-hetero) is 1. The lowest BCUT2D eigenvalue weighted by Crippen LogP contribution is -2.26. The highest BCUT2D eigenvalue weighted by atomic mass is 19.1. The molecule has 0 atom stereocenters. The predicted octanol–water partition coefficient (Wildman–Crippen LogP) is 3.94. The Hall–Kier alpha value is -3.88. The number of pyridine rings is 3. The third kappa shape index (κ3) is 5.88. The van der Waals surface area contributed by atoms with Crippen LogP contribution in [-0.2, 0) is 4.79 Å². The number of H-pyrrole nitrogens is 1. The van der Waals surface area contributed by atoms with Gasteiger partial charge in [-0.15, -0.1) is 0 Å². The number of hydrogen-bond acceptors (Lipinski definition) is 6. The van der Waals surface area contributed by atoms with Gasteiger partial charge in [-0.3, -0.25) is 19.6 Å². The zero-order chi connectivity index (χ0) is 24.0. The maximum atomic E-state index is 14.3. The third-order valence-corrected chi connectivity index (χ3v) is 4.99. The molecule has 0 unspecified atom stereocenters. The lowest BCUT2D eigenvalue weighted by Gasteiger charge is -2.18. The van der Waals surface area contributed by atoms with E-state index in [0.717, 1.165) is 0 Å². The van der Waals surface area contributed by atoms with Gasteiger partial charge in [0.2, 0.25) is 0 Å². The van der Waals surface area contributed by atoms with Crippen LogP contribution in [0.1, 0.15) is 55.6 Å². The van der Waals surface area contributed by atoms with Crippen molar-refractivity contribution in [1.82, 2.24) is 20.3 Å². The highest BCUT2D eigenvalue weighted by Crippen LogP contribution is 2.29. The average molecular weight is 452 g/mol. The molecule has 33 heavy (non-hydrogen) atoms. The first-order valence-electron chi connectivity index (χ1n) is 10.6. The Morgan fingerprint density at radius 3 is 2.67 bits per heavy atom. The van der Waals surface area contributed by atoms with Crippen LogP contribution in [0.15, 0.2) is 47.7 Å². The molecule has 0 saturated carbocycles. The van der Waals surface area contributed by atoms with E-state index in [4.69, 9.17) is 0 Å². The third-order valence-electron chi connectivity index (χ3n) is 4.99. The molecule has 9 heteroatoms. The number of anilines is 2. The minimum Gasteiger partial charge on any atom is -0.353 e. The molecule has 8 nitrogen and oxygen atoms in total. The zero-order valence-corrected chi connectivity index (χ0v) is 18.7. The number of ketones is 1. The van der Waals surface area contributed by atoms with E-state index in [9.17, 15) is 18.8 Å². The fraction of sp³-hybridized carbons (Fsp3) is 0.292. The van der Waals surface area contributed by atoms with E-state index in [1.807, 2.05) is 13.8 Å². The number of aromatic nitrogens is 3. The molecule has 0 aliphatic carbocycles. The molecule has 0 aliphatic rings. The van der Waals surface area contributed by atoms with Crippen molar-refractivity contribution >= 4 is 23.1 Å². The Labute approximate surface area is 190 Å². The van der Waals surface area contributed by atoms with E-state index in [-0.39, 0.29) is 28.9 Å². The molecule has 0 spiro atoms. The van der Waals surface area contributed by atoms with E-state index in [0.29, 0.717) is 42.0 Å². The summed E-state index contributed by atoms with van der Waals surface area (Å²) in [5, 5.41) is 5.98. The summed E-state index contributed by atoms with van der Waals surface area (Å²) in [6.07, 6.45) is 5.32. The van der Waals surface area contributed by atoms with Crippen LogP contribution in [0.5, 0.6) is 0 Å². The quantitative estimate of drug-likeness (QED) is 0.424. The molecular formula is C24H26FN5O3. The van der Waals surface area contributed by atoms with Gasteiger partial charge < -0.3 is 20.4 Å². The van der Waals surface area contributed by atoms with E-state index in [2.05, 4.69) is 25.6 Å². The maximum absolute atomic E-state index is 14.3. The molecule has 3 heterocycles. The van der Waals surface area contributed by atoms with Crippen LogP contribution >= 0.6 is 0 Å². The molecular weight excluding hydrogens is 425 g/mol. The van der Waals surface area contributed by atoms with Crippen LogP contribution in [-0.4, -0.2) is 33.2 Å². The van der Waals surface area contributed by atoms with Crippen molar-refractivity contribution in [3.8, 4) is 11.3 Å². The standard InChI is InChI=1S/C24H26FN5O3/c1-14(2)21-20(12-16(24(33)30-21)22-18(25)7-5-9-27-22)29-19-8-11-26-13-17(19)23(32)28-10-4-6-15(3)31/h5,7-9,11-14H,4,6,10H2,1-3H3,(H,26,29)(H,28,32)(H,30,33). The Kier molecular flexibility index (Phi) is 7.66. The normalized spacial score (nSPS) is 10.8. The largest absolute Gasteiger partial charge is 0.353 e. The number of halogens is 1. The second-order valence-corrected chi connectivity index (χ2v) is 7.94. The minimum absolute atomic E-state index is 0.0599. The first-order valence-corrected chi connectivity index (χ1v) is 10.6. The summed E-state index contributed by atoms with van der Waals surface area (Å²) in [6.45, 7) is 5.68. The van der Waals surface area contributed by atoms with Gasteiger partial charge in [0, 0.05) is 37.3 Å². The fourth-order valence-electron chi connectivity index (χ4n) is 3.33. The van der Waals surface area contributed by atoms with Crippen molar-refractivity contribution in [3.05, 3.63) is 70.3 Å². The number of nitrogens with zero attached hydrogens (tertiary/aromatic N) is 2. The topological polar surface area (TPSA) is 117 Å². The van der Waals surface area contributed by atoms with Crippen LogP contribution < -0.4 is 16.2 Å². The van der Waals surface area contributed by atoms with E-state index < -0.39 is 11.4 Å². The summed E-state index contributed by atoms with van der Waals surface area (Å²) >= 11 is 0. The van der Waals surface area contributed by atoms with Crippen LogP contribution in [0.4, 0.5) is 15.8 Å². The Morgan fingerprint density at radius 1 is 1.18 bits per heavy atom. The van der Waals surface area contributed by atoms with Gasteiger partial charge in [0.05, 0.1) is 22.5 Å². The zero-order valence-electron chi connectivity index (χ0n) is 18.7. The van der Waals surface area contributed by atoms with Crippen LogP contribution in [0.3, 0.4) is 0 Å². The summed E-state index contributed by atoms with van der Waals surface area (Å²) < 4.78 is 14.3. The van der Waals surface area contributed by atoms with Crippen molar-refractivity contribution in [2.45, 2.75) is 39.5 Å². The molecule has 0 aromatic carbocycles. The van der Waals surface area contributed by atoms with Crippen molar-refractivity contribution in [2.24, 2.45) is 0 Å². The molecule has 3 rings (SSSR count). The van der Waals surface area contributed by atoms with Gasteiger partial charge in [-0.1, -0.05) is 13.8 Å². The van der Waals surface area contributed by atoms with Crippen molar-refractivity contribution < 1.29 is 14.0 Å². The molecule has 0 saturated heterocycles. The molecule has 3 N–H and O–H groups in total. The second kappa shape index (κ2) is 10.6. The van der Waals surface area contributed by atoms with Crippen molar-refractivity contribution in [3.63, 3.8) is 0 Å². The van der Waals surface area contributed by atoms with Gasteiger partial charge in [-0.25, -0.2) is 4.39 Å². The van der Waals surface area contributed by atoms with E-state index in [1.54, 1.807) is 6.07 Å². The molecule has 0 fully saturated rings. The van der Waals surface area contributed by atoms with Gasteiger partial charge in [0.15, 0.2) is 0 Å². The summed E-state index contributed by atoms with van der Waals surface area (Å²) in [4.78, 5) is 47.4. The van der Waals surface area contributed by atoms with Gasteiger partial charge >= 0.3 is 0 Å². The summed E-state index contributed by atoms with van der Waals surface area (Å²) in [5.74, 6) is -0.956. The lowest BCUT2D eigenvalue weighted by molar-refractivity contribution is -0.117. The first kappa shape index (κ1) is 23.8. The van der Waals surface area contributed by atoms with Gasteiger partial charge in [0.25, 0.3) is 11.5 Å². The fourth-order valence-corrected chi connectivity index (χ4v) is 3.33. The Bertz CT molecular complexity index is 1220. The van der Waals surface area contributed by atoms with Crippen LogP contribution in [0.25, 0.3) is 11.3 Å². The van der Waals surface area contributed by atoms with Crippen molar-refractivity contribution in [1.29, 1.82) is 0 Å². The number of carbonyl (C=O) groups excluding carboxylic acids is 2. The van der Waals surface area contributed by atoms with Crippen molar-refractivity contribution in [2.75, 3.05) is 11.9 Å². The van der Waals surface area contributed by atoms with E-state index >= 15 is 0 Å². The lowest BCUT2D eigenvalue weighted by atomic mass is 10.0. The first-order chi connectivity index (χ1) is 15.8. The number of hydrogen-bond donors (Lipinski definition) is 3. The molecule has 0 bridgehead atoms. The van der Waals surface area contributed by atoms with Gasteiger partial charge in [-0.2, -0.15) is 0 Å². The van der Waals surface area contributed by atoms with E-state index in [1.165, 1.54) is 43.7 Å². The predicted molar refractivity (Wildman–Crippen MR) is 124 cm³/mol.